The molecule has 0 amide bonds. The highest BCUT2D eigenvalue weighted by atomic mass is 16.5. The van der Waals surface area contributed by atoms with Gasteiger partial charge in [-0.2, -0.15) is 0 Å². The number of rotatable bonds is 3. The lowest BCUT2D eigenvalue weighted by molar-refractivity contribution is 0.0685. The number of hydrogen-bond acceptors (Lipinski definition) is 4. The van der Waals surface area contributed by atoms with Crippen LogP contribution >= 0.6 is 0 Å². The first-order valence-electron chi connectivity index (χ1n) is 6.41. The summed E-state index contributed by atoms with van der Waals surface area (Å²) in [5.41, 5.74) is 0.902. The third-order valence-electron chi connectivity index (χ3n) is 3.57. The van der Waals surface area contributed by atoms with Gasteiger partial charge < -0.3 is 14.6 Å². The third-order valence-corrected chi connectivity index (χ3v) is 3.57. The number of ether oxygens (including phenoxy) is 1. The summed E-state index contributed by atoms with van der Waals surface area (Å²) in [6, 6.07) is 2.03. The molecule has 96 valence electrons. The molecule has 3 heterocycles. The average Bonchev–Trinajstić information content (AvgIpc) is 2.87. The fourth-order valence-electron chi connectivity index (χ4n) is 2.57. The molecule has 2 aromatic rings. The summed E-state index contributed by atoms with van der Waals surface area (Å²) in [7, 11) is 2.10. The summed E-state index contributed by atoms with van der Waals surface area (Å²) in [4.78, 5) is 14.0. The molecule has 1 aliphatic rings. The Morgan fingerprint density at radius 3 is 3.06 bits per heavy atom. The Kier molecular flexibility index (Phi) is 3.15. The van der Waals surface area contributed by atoms with Gasteiger partial charge in [0.05, 0.1) is 5.39 Å². The van der Waals surface area contributed by atoms with Gasteiger partial charge in [0.15, 0.2) is 0 Å². The second kappa shape index (κ2) is 4.94. The van der Waals surface area contributed by atoms with Crippen molar-refractivity contribution in [1.29, 1.82) is 0 Å². The van der Waals surface area contributed by atoms with E-state index in [0.717, 1.165) is 49.5 Å². The van der Waals surface area contributed by atoms with Crippen molar-refractivity contribution in [3.8, 4) is 0 Å². The first-order chi connectivity index (χ1) is 8.84. The molecule has 1 fully saturated rings. The quantitative estimate of drug-likeness (QED) is 0.897. The largest absolute Gasteiger partial charge is 0.381 e. The van der Waals surface area contributed by atoms with Crippen LogP contribution in [0, 0.1) is 5.92 Å². The Bertz CT molecular complexity index is 518. The minimum atomic E-state index is 0.702. The Labute approximate surface area is 106 Å². The fourth-order valence-corrected chi connectivity index (χ4v) is 2.57. The first kappa shape index (κ1) is 11.5. The van der Waals surface area contributed by atoms with Crippen molar-refractivity contribution in [3.05, 3.63) is 18.6 Å². The molecule has 0 bridgehead atoms. The first-order valence-corrected chi connectivity index (χ1v) is 6.41. The predicted molar refractivity (Wildman–Crippen MR) is 70.7 cm³/mol. The minimum absolute atomic E-state index is 0.702. The van der Waals surface area contributed by atoms with Crippen LogP contribution in [-0.4, -0.2) is 41.8 Å². The molecule has 0 radical (unpaired) electrons. The van der Waals surface area contributed by atoms with Gasteiger partial charge in [0.1, 0.15) is 17.8 Å². The maximum Gasteiger partial charge on any atom is 0.142 e. The van der Waals surface area contributed by atoms with E-state index in [1.807, 2.05) is 12.3 Å². The van der Waals surface area contributed by atoms with E-state index in [2.05, 4.69) is 26.9 Å². The van der Waals surface area contributed by atoms with Crippen molar-refractivity contribution >= 4 is 16.9 Å². The smallest absolute Gasteiger partial charge is 0.142 e. The number of aromatic amines is 1. The molecule has 1 aliphatic heterocycles. The fraction of sp³-hybridized carbons (Fsp3) is 0.538. The Balaban J connectivity index is 1.78. The van der Waals surface area contributed by atoms with Gasteiger partial charge in [-0.3, -0.25) is 0 Å². The average molecular weight is 246 g/mol. The molecule has 0 saturated carbocycles. The monoisotopic (exact) mass is 246 g/mol. The zero-order chi connectivity index (χ0) is 12.4. The summed E-state index contributed by atoms with van der Waals surface area (Å²) in [5.74, 6) is 1.71. The molecule has 5 heteroatoms. The minimum Gasteiger partial charge on any atom is -0.381 e. The van der Waals surface area contributed by atoms with E-state index >= 15 is 0 Å². The molecule has 0 aromatic carbocycles. The third kappa shape index (κ3) is 2.18. The lowest BCUT2D eigenvalue weighted by atomic mass is 10.00. The highest BCUT2D eigenvalue weighted by Crippen LogP contribution is 2.23. The van der Waals surface area contributed by atoms with Gasteiger partial charge in [0.25, 0.3) is 0 Å². The van der Waals surface area contributed by atoms with Gasteiger partial charge in [0, 0.05) is 33.0 Å². The van der Waals surface area contributed by atoms with E-state index < -0.39 is 0 Å². The molecule has 1 N–H and O–H groups in total. The highest BCUT2D eigenvalue weighted by Gasteiger charge is 2.17. The standard InChI is InChI=1S/C13H18N4O/c1-17(8-10-3-6-18-7-4-10)13-11-2-5-14-12(11)15-9-16-13/h2,5,9-10H,3-4,6-8H2,1H3,(H,14,15,16). The van der Waals surface area contributed by atoms with Crippen molar-refractivity contribution in [2.75, 3.05) is 31.7 Å². The second-order valence-corrected chi connectivity index (χ2v) is 4.87. The molecule has 0 spiro atoms. The van der Waals surface area contributed by atoms with Crippen LogP contribution in [0.15, 0.2) is 18.6 Å². The summed E-state index contributed by atoms with van der Waals surface area (Å²) < 4.78 is 5.40. The molecule has 1 saturated heterocycles. The maximum absolute atomic E-state index is 5.40. The normalized spacial score (nSPS) is 17.2. The van der Waals surface area contributed by atoms with Gasteiger partial charge in [-0.15, -0.1) is 0 Å². The van der Waals surface area contributed by atoms with Gasteiger partial charge in [0.2, 0.25) is 0 Å². The Hall–Kier alpha value is -1.62. The zero-order valence-corrected chi connectivity index (χ0v) is 10.6. The Morgan fingerprint density at radius 2 is 2.22 bits per heavy atom. The summed E-state index contributed by atoms with van der Waals surface area (Å²) in [6.07, 6.45) is 5.82. The molecule has 18 heavy (non-hydrogen) atoms. The van der Waals surface area contributed by atoms with Crippen LogP contribution < -0.4 is 4.90 Å². The van der Waals surface area contributed by atoms with E-state index in [0.29, 0.717) is 5.92 Å². The van der Waals surface area contributed by atoms with Crippen molar-refractivity contribution < 1.29 is 4.74 Å². The lowest BCUT2D eigenvalue weighted by Gasteiger charge is -2.27. The van der Waals surface area contributed by atoms with Gasteiger partial charge in [-0.1, -0.05) is 0 Å². The molecule has 0 atom stereocenters. The van der Waals surface area contributed by atoms with Crippen molar-refractivity contribution in [1.82, 2.24) is 15.0 Å². The number of aromatic nitrogens is 3. The van der Waals surface area contributed by atoms with Crippen LogP contribution in [0.2, 0.25) is 0 Å². The van der Waals surface area contributed by atoms with E-state index in [-0.39, 0.29) is 0 Å². The number of anilines is 1. The molecular weight excluding hydrogens is 228 g/mol. The second-order valence-electron chi connectivity index (χ2n) is 4.87. The molecule has 0 unspecified atom stereocenters. The van der Waals surface area contributed by atoms with E-state index in [1.165, 1.54) is 0 Å². The number of nitrogens with zero attached hydrogens (tertiary/aromatic N) is 3. The van der Waals surface area contributed by atoms with E-state index in [4.69, 9.17) is 4.74 Å². The van der Waals surface area contributed by atoms with Gasteiger partial charge >= 0.3 is 0 Å². The van der Waals surface area contributed by atoms with Crippen LogP contribution in [0.3, 0.4) is 0 Å². The van der Waals surface area contributed by atoms with Gasteiger partial charge in [-0.05, 0) is 24.8 Å². The zero-order valence-electron chi connectivity index (χ0n) is 10.6. The predicted octanol–water partition coefficient (Wildman–Crippen LogP) is 1.82. The van der Waals surface area contributed by atoms with E-state index in [1.54, 1.807) is 6.33 Å². The molecule has 0 aliphatic carbocycles. The lowest BCUT2D eigenvalue weighted by Crippen LogP contribution is -2.30. The Morgan fingerprint density at radius 1 is 1.39 bits per heavy atom. The topological polar surface area (TPSA) is 54.0 Å². The summed E-state index contributed by atoms with van der Waals surface area (Å²) in [5, 5.41) is 1.09. The number of H-pyrrole nitrogens is 1. The highest BCUT2D eigenvalue weighted by molar-refractivity contribution is 5.87. The number of hydrogen-bond donors (Lipinski definition) is 1. The molecular formula is C13H18N4O. The summed E-state index contributed by atoms with van der Waals surface area (Å²) >= 11 is 0. The van der Waals surface area contributed by atoms with Crippen LogP contribution in [0.1, 0.15) is 12.8 Å². The van der Waals surface area contributed by atoms with E-state index in [9.17, 15) is 0 Å². The van der Waals surface area contributed by atoms with Crippen LogP contribution in [0.25, 0.3) is 11.0 Å². The molecule has 5 nitrogen and oxygen atoms in total. The van der Waals surface area contributed by atoms with Crippen LogP contribution in [0.5, 0.6) is 0 Å². The number of fused-ring (bicyclic) bond motifs is 1. The van der Waals surface area contributed by atoms with Crippen molar-refractivity contribution in [2.45, 2.75) is 12.8 Å². The molecule has 2 aromatic heterocycles. The molecule has 3 rings (SSSR count). The summed E-state index contributed by atoms with van der Waals surface area (Å²) in [6.45, 7) is 2.81. The maximum atomic E-state index is 5.40. The van der Waals surface area contributed by atoms with Gasteiger partial charge in [-0.25, -0.2) is 9.97 Å². The van der Waals surface area contributed by atoms with Crippen LogP contribution in [0.4, 0.5) is 5.82 Å². The van der Waals surface area contributed by atoms with Crippen molar-refractivity contribution in [3.63, 3.8) is 0 Å². The van der Waals surface area contributed by atoms with Crippen molar-refractivity contribution in [2.24, 2.45) is 5.92 Å². The SMILES string of the molecule is CN(CC1CCOCC1)c1ncnc2[nH]ccc12. The van der Waals surface area contributed by atoms with Crippen LogP contribution in [-0.2, 0) is 4.74 Å². The number of nitrogens with one attached hydrogen (secondary N) is 1.